The molecule has 3 aromatic rings. The minimum absolute atomic E-state index is 0.0290. The van der Waals surface area contributed by atoms with Gasteiger partial charge in [0.1, 0.15) is 11.2 Å². The van der Waals surface area contributed by atoms with E-state index in [4.69, 9.17) is 0 Å². The molecular weight excluding hydrogens is 437 g/mol. The van der Waals surface area contributed by atoms with Crippen molar-refractivity contribution in [2.24, 2.45) is 11.8 Å². The zero-order valence-electron chi connectivity index (χ0n) is 17.5. The van der Waals surface area contributed by atoms with Crippen LogP contribution >= 0.6 is 0 Å². The second-order valence-corrected chi connectivity index (χ2v) is 8.62. The molecule has 4 heterocycles. The lowest BCUT2D eigenvalue weighted by atomic mass is 10.0. The van der Waals surface area contributed by atoms with Crippen molar-refractivity contribution in [3.8, 4) is 0 Å². The van der Waals surface area contributed by atoms with E-state index in [1.165, 1.54) is 12.3 Å². The molecule has 11 heteroatoms. The first kappa shape index (κ1) is 21.4. The number of aromatic nitrogens is 4. The number of likely N-dealkylation sites (tertiary alicyclic amines) is 2. The number of benzene rings is 1. The predicted molar refractivity (Wildman–Crippen MR) is 111 cm³/mol. The van der Waals surface area contributed by atoms with Gasteiger partial charge in [0.2, 0.25) is 5.91 Å². The number of nitrogens with one attached hydrogen (secondary N) is 1. The molecule has 0 radical (unpaired) electrons. The molecule has 0 spiro atoms. The Hall–Kier alpha value is -3.50. The van der Waals surface area contributed by atoms with Crippen molar-refractivity contribution in [1.29, 1.82) is 0 Å². The van der Waals surface area contributed by atoms with Crippen molar-refractivity contribution < 1.29 is 22.8 Å². The van der Waals surface area contributed by atoms with E-state index in [2.05, 4.69) is 20.4 Å². The number of carbonyl (C=O) groups is 2. The molecule has 2 aliphatic heterocycles. The number of hydrogen-bond donors (Lipinski definition) is 1. The van der Waals surface area contributed by atoms with Crippen LogP contribution in [0.25, 0.3) is 11.0 Å². The number of amides is 2. The van der Waals surface area contributed by atoms with E-state index in [0.717, 1.165) is 11.6 Å². The van der Waals surface area contributed by atoms with Crippen molar-refractivity contribution in [2.75, 3.05) is 26.2 Å². The predicted octanol–water partition coefficient (Wildman–Crippen LogP) is 2.53. The third kappa shape index (κ3) is 4.27. The summed E-state index contributed by atoms with van der Waals surface area (Å²) in [6.07, 6.45) is -2.74. The molecule has 2 fully saturated rings. The normalized spacial score (nSPS) is 20.5. The first-order valence-electron chi connectivity index (χ1n) is 10.7. The highest BCUT2D eigenvalue weighted by Crippen LogP contribution is 2.32. The van der Waals surface area contributed by atoms with Gasteiger partial charge in [-0.25, -0.2) is 0 Å². The summed E-state index contributed by atoms with van der Waals surface area (Å²) in [6, 6.07) is 7.56. The highest BCUT2D eigenvalue weighted by atomic mass is 19.4. The topological polar surface area (TPSA) is 95.1 Å². The zero-order valence-corrected chi connectivity index (χ0v) is 17.5. The molecular formula is C22H21F3N6O2. The molecule has 2 saturated heterocycles. The van der Waals surface area contributed by atoms with Crippen LogP contribution in [0, 0.1) is 11.8 Å². The molecule has 0 bridgehead atoms. The van der Waals surface area contributed by atoms with E-state index in [-0.39, 0.29) is 30.1 Å². The Kier molecular flexibility index (Phi) is 5.26. The summed E-state index contributed by atoms with van der Waals surface area (Å²) in [5.41, 5.74) is 1.63. The molecule has 2 aliphatic rings. The van der Waals surface area contributed by atoms with Crippen molar-refractivity contribution >= 4 is 22.8 Å². The van der Waals surface area contributed by atoms with E-state index in [0.29, 0.717) is 49.2 Å². The molecule has 2 atom stereocenters. The van der Waals surface area contributed by atoms with Gasteiger partial charge in [-0.3, -0.25) is 19.7 Å². The SMILES string of the molecule is O=C(CCc1ccc(C(F)(F)F)nc1)N1C[C@@H]2CN(C(=O)c3ccc4[nH]nnc4c3)C[C@H]2C1. The molecule has 2 aromatic heterocycles. The van der Waals surface area contributed by atoms with Gasteiger partial charge >= 0.3 is 6.18 Å². The Morgan fingerprint density at radius 2 is 1.76 bits per heavy atom. The van der Waals surface area contributed by atoms with Gasteiger partial charge in [0.05, 0.1) is 5.52 Å². The fraction of sp³-hybridized carbons (Fsp3) is 0.409. The van der Waals surface area contributed by atoms with Gasteiger partial charge in [-0.1, -0.05) is 11.3 Å². The highest BCUT2D eigenvalue weighted by Gasteiger charge is 2.43. The minimum Gasteiger partial charge on any atom is -0.342 e. The van der Waals surface area contributed by atoms with Gasteiger partial charge in [-0.15, -0.1) is 5.10 Å². The number of aromatic amines is 1. The number of rotatable bonds is 4. The van der Waals surface area contributed by atoms with Gasteiger partial charge in [-0.05, 0) is 36.2 Å². The Labute approximate surface area is 186 Å². The summed E-state index contributed by atoms with van der Waals surface area (Å²) in [7, 11) is 0. The molecule has 2 amide bonds. The van der Waals surface area contributed by atoms with Gasteiger partial charge in [0.15, 0.2) is 0 Å². The van der Waals surface area contributed by atoms with E-state index in [1.807, 2.05) is 4.90 Å². The monoisotopic (exact) mass is 458 g/mol. The fourth-order valence-electron chi connectivity index (χ4n) is 4.67. The van der Waals surface area contributed by atoms with Gasteiger partial charge in [-0.2, -0.15) is 13.2 Å². The number of fused-ring (bicyclic) bond motifs is 2. The molecule has 5 rings (SSSR count). The maximum Gasteiger partial charge on any atom is 0.433 e. The number of halogens is 3. The average Bonchev–Trinajstić information content (AvgIpc) is 3.50. The van der Waals surface area contributed by atoms with Crippen LogP contribution in [0.2, 0.25) is 0 Å². The molecule has 33 heavy (non-hydrogen) atoms. The Balaban J connectivity index is 1.13. The van der Waals surface area contributed by atoms with Crippen LogP contribution in [-0.2, 0) is 17.4 Å². The van der Waals surface area contributed by atoms with Crippen molar-refractivity contribution in [2.45, 2.75) is 19.0 Å². The molecule has 8 nitrogen and oxygen atoms in total. The Morgan fingerprint density at radius 3 is 2.42 bits per heavy atom. The quantitative estimate of drug-likeness (QED) is 0.649. The molecule has 1 aromatic carbocycles. The second kappa shape index (κ2) is 8.13. The summed E-state index contributed by atoms with van der Waals surface area (Å²) in [6.45, 7) is 2.35. The summed E-state index contributed by atoms with van der Waals surface area (Å²) in [5.74, 6) is 0.364. The first-order chi connectivity index (χ1) is 15.8. The van der Waals surface area contributed by atoms with Gasteiger partial charge in [0.25, 0.3) is 5.91 Å². The fourth-order valence-corrected chi connectivity index (χ4v) is 4.67. The lowest BCUT2D eigenvalue weighted by molar-refractivity contribution is -0.141. The second-order valence-electron chi connectivity index (χ2n) is 8.62. The van der Waals surface area contributed by atoms with Crippen LogP contribution in [0.1, 0.15) is 28.0 Å². The minimum atomic E-state index is -4.47. The number of pyridine rings is 1. The molecule has 0 unspecified atom stereocenters. The van der Waals surface area contributed by atoms with Crippen LogP contribution in [0.4, 0.5) is 13.2 Å². The summed E-state index contributed by atoms with van der Waals surface area (Å²) in [5, 5.41) is 10.4. The van der Waals surface area contributed by atoms with Crippen LogP contribution in [-0.4, -0.2) is 68.2 Å². The lowest BCUT2D eigenvalue weighted by Gasteiger charge is -2.22. The van der Waals surface area contributed by atoms with Gasteiger partial charge < -0.3 is 9.80 Å². The standard InChI is InChI=1S/C22H21F3N6O2/c23-22(24,25)19-5-1-13(8-26-19)2-6-20(32)30-9-15-11-31(12-16(15)10-30)21(33)14-3-4-17-18(7-14)28-29-27-17/h1,3-5,7-8,15-16H,2,6,9-12H2,(H,27,28,29)/t15-,16-/m1/s1. The van der Waals surface area contributed by atoms with Crippen LogP contribution in [0.15, 0.2) is 36.5 Å². The number of hydrogen-bond acceptors (Lipinski definition) is 5. The van der Waals surface area contributed by atoms with E-state index >= 15 is 0 Å². The number of aryl methyl sites for hydroxylation is 1. The third-order valence-electron chi connectivity index (χ3n) is 6.44. The number of alkyl halides is 3. The van der Waals surface area contributed by atoms with Crippen molar-refractivity contribution in [1.82, 2.24) is 30.2 Å². The van der Waals surface area contributed by atoms with E-state index in [1.54, 1.807) is 23.1 Å². The van der Waals surface area contributed by atoms with Crippen molar-refractivity contribution in [3.63, 3.8) is 0 Å². The number of H-pyrrole nitrogens is 1. The van der Waals surface area contributed by atoms with Crippen molar-refractivity contribution in [3.05, 3.63) is 53.3 Å². The Morgan fingerprint density at radius 1 is 1.03 bits per heavy atom. The summed E-state index contributed by atoms with van der Waals surface area (Å²) < 4.78 is 37.9. The number of carbonyl (C=O) groups excluding carboxylic acids is 2. The summed E-state index contributed by atoms with van der Waals surface area (Å²) in [4.78, 5) is 32.6. The van der Waals surface area contributed by atoms with Crippen LogP contribution in [0.5, 0.6) is 0 Å². The van der Waals surface area contributed by atoms with E-state index < -0.39 is 11.9 Å². The van der Waals surface area contributed by atoms with E-state index in [9.17, 15) is 22.8 Å². The molecule has 0 saturated carbocycles. The first-order valence-corrected chi connectivity index (χ1v) is 10.7. The largest absolute Gasteiger partial charge is 0.433 e. The molecule has 172 valence electrons. The lowest BCUT2D eigenvalue weighted by Crippen LogP contribution is -2.35. The average molecular weight is 458 g/mol. The summed E-state index contributed by atoms with van der Waals surface area (Å²) >= 11 is 0. The van der Waals surface area contributed by atoms with Crippen LogP contribution < -0.4 is 0 Å². The zero-order chi connectivity index (χ0) is 23.2. The Bertz CT molecular complexity index is 1180. The van der Waals surface area contributed by atoms with Gasteiger partial charge in [0, 0.05) is 56.2 Å². The smallest absolute Gasteiger partial charge is 0.342 e. The molecule has 1 N–H and O–H groups in total. The third-order valence-corrected chi connectivity index (χ3v) is 6.44. The molecule has 0 aliphatic carbocycles. The van der Waals surface area contributed by atoms with Crippen LogP contribution in [0.3, 0.4) is 0 Å². The number of nitrogens with zero attached hydrogens (tertiary/aromatic N) is 5. The maximum atomic E-state index is 12.9. The maximum absolute atomic E-state index is 12.9. The highest BCUT2D eigenvalue weighted by molar-refractivity contribution is 5.97.